The van der Waals surface area contributed by atoms with E-state index in [0.717, 1.165) is 0 Å². The minimum atomic E-state index is -1.32. The summed E-state index contributed by atoms with van der Waals surface area (Å²) in [7, 11) is 1.72. The highest BCUT2D eigenvalue weighted by atomic mass is 31.0. The molecular weight excluding hydrogens is 289 g/mol. The summed E-state index contributed by atoms with van der Waals surface area (Å²) in [6, 6.07) is -1.32. The van der Waals surface area contributed by atoms with Gasteiger partial charge in [-0.1, -0.05) is 6.58 Å². The topological polar surface area (TPSA) is 122 Å². The van der Waals surface area contributed by atoms with Crippen LogP contribution in [0.15, 0.2) is 12.3 Å². The first-order valence-corrected chi connectivity index (χ1v) is 6.12. The van der Waals surface area contributed by atoms with Crippen molar-refractivity contribution in [2.24, 2.45) is 0 Å². The zero-order valence-electron chi connectivity index (χ0n) is 11.2. The smallest absolute Gasteiger partial charge is 0.349 e. The summed E-state index contributed by atoms with van der Waals surface area (Å²) in [4.78, 5) is 33.5. The molecule has 0 aliphatic heterocycles. The Morgan fingerprint density at radius 2 is 1.90 bits per heavy atom. The Kier molecular flexibility index (Phi) is 7.79. The number of carbonyl (C=O) groups excluding carboxylic acids is 2. The fourth-order valence-corrected chi connectivity index (χ4v) is 1.29. The van der Waals surface area contributed by atoms with Gasteiger partial charge in [-0.05, 0) is 13.8 Å². The SMILES string of the molecule is C=C(N[C@@H](CC(=O)O[C@@H](C)C(=O)OP)C(=O)O)[C@H](C)O. The Hall–Kier alpha value is -1.66. The van der Waals surface area contributed by atoms with Crippen molar-refractivity contribution in [2.45, 2.75) is 38.5 Å². The predicted molar refractivity (Wildman–Crippen MR) is 71.4 cm³/mol. The highest BCUT2D eigenvalue weighted by Gasteiger charge is 2.26. The molecule has 0 spiro atoms. The number of aliphatic hydroxyl groups excluding tert-OH is 1. The van der Waals surface area contributed by atoms with Gasteiger partial charge in [-0.25, -0.2) is 9.59 Å². The molecule has 9 heteroatoms. The van der Waals surface area contributed by atoms with Crippen LogP contribution in [-0.4, -0.2) is 46.4 Å². The number of carbonyl (C=O) groups is 3. The molecule has 0 saturated heterocycles. The van der Waals surface area contributed by atoms with Crippen molar-refractivity contribution < 1.29 is 33.9 Å². The van der Waals surface area contributed by atoms with E-state index >= 15 is 0 Å². The number of hydrogen-bond donors (Lipinski definition) is 3. The number of hydrogen-bond acceptors (Lipinski definition) is 7. The standard InChI is InChI=1S/C11H18NO7P/c1-5(6(2)13)12-8(10(15)16)4-9(14)18-7(3)11(17)19-20/h6-8,12-13H,1,4,20H2,2-3H3,(H,15,16)/t6-,7-,8-/m0/s1. The number of esters is 1. The number of rotatable bonds is 8. The van der Waals surface area contributed by atoms with Gasteiger partial charge in [0, 0.05) is 5.70 Å². The van der Waals surface area contributed by atoms with E-state index in [1.165, 1.54) is 13.8 Å². The highest BCUT2D eigenvalue weighted by Crippen LogP contribution is 2.05. The Bertz CT molecular complexity index is 396. The monoisotopic (exact) mass is 307 g/mol. The minimum absolute atomic E-state index is 0.0580. The molecule has 8 nitrogen and oxygen atoms in total. The van der Waals surface area contributed by atoms with E-state index in [2.05, 4.69) is 16.4 Å². The van der Waals surface area contributed by atoms with Gasteiger partial charge in [0.05, 0.1) is 22.0 Å². The van der Waals surface area contributed by atoms with Gasteiger partial charge in [0.25, 0.3) is 0 Å². The maximum atomic E-state index is 11.5. The van der Waals surface area contributed by atoms with Crippen molar-refractivity contribution in [3.63, 3.8) is 0 Å². The lowest BCUT2D eigenvalue weighted by molar-refractivity contribution is -0.161. The van der Waals surface area contributed by atoms with Crippen LogP contribution in [0.2, 0.25) is 0 Å². The zero-order chi connectivity index (χ0) is 15.9. The van der Waals surface area contributed by atoms with E-state index in [1.807, 2.05) is 0 Å². The molecule has 0 aromatic heterocycles. The quantitative estimate of drug-likeness (QED) is 0.408. The molecule has 0 aliphatic carbocycles. The summed E-state index contributed by atoms with van der Waals surface area (Å²) >= 11 is 0. The van der Waals surface area contributed by atoms with Crippen molar-refractivity contribution in [1.29, 1.82) is 0 Å². The van der Waals surface area contributed by atoms with Gasteiger partial charge in [0.2, 0.25) is 0 Å². The van der Waals surface area contributed by atoms with E-state index in [0.29, 0.717) is 0 Å². The first-order valence-electron chi connectivity index (χ1n) is 5.65. The van der Waals surface area contributed by atoms with Crippen LogP contribution in [0.25, 0.3) is 0 Å². The lowest BCUT2D eigenvalue weighted by atomic mass is 10.2. The Balaban J connectivity index is 4.53. The number of aliphatic carboxylic acids is 1. The summed E-state index contributed by atoms with van der Waals surface area (Å²) in [6.07, 6.45) is -2.65. The van der Waals surface area contributed by atoms with E-state index in [4.69, 9.17) is 9.84 Å². The third-order valence-corrected chi connectivity index (χ3v) is 2.52. The molecule has 114 valence electrons. The lowest BCUT2D eigenvalue weighted by Crippen LogP contribution is -2.41. The van der Waals surface area contributed by atoms with Crippen molar-refractivity contribution in [1.82, 2.24) is 5.32 Å². The first kappa shape index (κ1) is 18.3. The van der Waals surface area contributed by atoms with Crippen LogP contribution in [0, 0.1) is 0 Å². The molecule has 0 saturated carbocycles. The zero-order valence-corrected chi connectivity index (χ0v) is 12.3. The van der Waals surface area contributed by atoms with Gasteiger partial charge >= 0.3 is 17.9 Å². The molecule has 3 N–H and O–H groups in total. The van der Waals surface area contributed by atoms with E-state index in [9.17, 15) is 19.5 Å². The highest BCUT2D eigenvalue weighted by molar-refractivity contribution is 7.10. The second-order valence-electron chi connectivity index (χ2n) is 4.01. The molecule has 1 unspecified atom stereocenters. The molecule has 20 heavy (non-hydrogen) atoms. The van der Waals surface area contributed by atoms with E-state index in [1.54, 1.807) is 9.47 Å². The van der Waals surface area contributed by atoms with Crippen LogP contribution in [0.3, 0.4) is 0 Å². The van der Waals surface area contributed by atoms with Crippen LogP contribution < -0.4 is 5.32 Å². The third-order valence-electron chi connectivity index (χ3n) is 2.29. The van der Waals surface area contributed by atoms with Crippen LogP contribution in [0.5, 0.6) is 0 Å². The normalized spacial score (nSPS) is 14.6. The number of nitrogens with one attached hydrogen (secondary N) is 1. The molecule has 0 aromatic carbocycles. The lowest BCUT2D eigenvalue weighted by Gasteiger charge is -2.19. The van der Waals surface area contributed by atoms with Crippen molar-refractivity contribution in [2.75, 3.05) is 0 Å². The third kappa shape index (κ3) is 6.49. The number of aliphatic hydroxyl groups is 1. The summed E-state index contributed by atoms with van der Waals surface area (Å²) < 4.78 is 8.99. The minimum Gasteiger partial charge on any atom is -0.480 e. The molecule has 0 aliphatic rings. The van der Waals surface area contributed by atoms with Gasteiger partial charge in [0.1, 0.15) is 6.04 Å². The second kappa shape index (κ2) is 8.50. The number of ether oxygens (including phenoxy) is 1. The summed E-state index contributed by atoms with van der Waals surface area (Å²) in [6.45, 7) is 6.12. The molecule has 0 aromatic rings. The molecule has 0 fully saturated rings. The first-order chi connectivity index (χ1) is 9.18. The van der Waals surface area contributed by atoms with Gasteiger partial charge < -0.3 is 24.8 Å². The maximum Gasteiger partial charge on any atom is 0.349 e. The molecule has 0 radical (unpaired) electrons. The van der Waals surface area contributed by atoms with Gasteiger partial charge in [0.15, 0.2) is 6.10 Å². The van der Waals surface area contributed by atoms with Crippen molar-refractivity contribution in [3.05, 3.63) is 12.3 Å². The van der Waals surface area contributed by atoms with Gasteiger partial charge in [-0.2, -0.15) is 0 Å². The Morgan fingerprint density at radius 1 is 1.35 bits per heavy atom. The average molecular weight is 307 g/mol. The Labute approximate surface area is 118 Å². The number of carboxylic acid groups (broad SMARTS) is 1. The van der Waals surface area contributed by atoms with Crippen LogP contribution >= 0.6 is 9.47 Å². The fraction of sp³-hybridized carbons (Fsp3) is 0.545. The van der Waals surface area contributed by atoms with E-state index in [-0.39, 0.29) is 5.70 Å². The van der Waals surface area contributed by atoms with Gasteiger partial charge in [-0.15, -0.1) is 0 Å². The Morgan fingerprint density at radius 3 is 2.30 bits per heavy atom. The average Bonchev–Trinajstić information content (AvgIpc) is 2.36. The summed E-state index contributed by atoms with van der Waals surface area (Å²) in [5.74, 6) is -2.99. The fourth-order valence-electron chi connectivity index (χ4n) is 1.10. The van der Waals surface area contributed by atoms with Crippen molar-refractivity contribution >= 4 is 27.4 Å². The molecule has 0 rings (SSSR count). The molecule has 4 atom stereocenters. The van der Waals surface area contributed by atoms with Crippen molar-refractivity contribution in [3.8, 4) is 0 Å². The van der Waals surface area contributed by atoms with Crippen LogP contribution in [0.1, 0.15) is 20.3 Å². The van der Waals surface area contributed by atoms with Gasteiger partial charge in [-0.3, -0.25) is 4.79 Å². The molecule has 0 bridgehead atoms. The van der Waals surface area contributed by atoms with E-state index < -0.39 is 42.6 Å². The number of carboxylic acids is 1. The predicted octanol–water partition coefficient (Wildman–Crippen LogP) is -0.421. The molecular formula is C11H18NO7P. The molecule has 0 amide bonds. The largest absolute Gasteiger partial charge is 0.480 e. The maximum absolute atomic E-state index is 11.5. The van der Waals surface area contributed by atoms with Crippen LogP contribution in [-0.2, 0) is 23.6 Å². The summed E-state index contributed by atoms with van der Waals surface area (Å²) in [5.41, 5.74) is 0.0580. The summed E-state index contributed by atoms with van der Waals surface area (Å²) in [5, 5.41) is 20.6. The molecule has 0 heterocycles. The van der Waals surface area contributed by atoms with Crippen LogP contribution in [0.4, 0.5) is 0 Å². The second-order valence-corrected chi connectivity index (χ2v) is 4.25.